The molecular formula is C11H11F4NO2. The number of carboxylic acid groups (broad SMARTS) is 1. The van der Waals surface area contributed by atoms with Crippen LogP contribution in [0.25, 0.3) is 0 Å². The normalized spacial score (nSPS) is 13.4. The summed E-state index contributed by atoms with van der Waals surface area (Å²) in [6, 6.07) is 0.977. The topological polar surface area (TPSA) is 63.3 Å². The monoisotopic (exact) mass is 265 g/mol. The average molecular weight is 265 g/mol. The van der Waals surface area contributed by atoms with Gasteiger partial charge in [-0.05, 0) is 30.5 Å². The van der Waals surface area contributed by atoms with Crippen molar-refractivity contribution >= 4 is 5.97 Å². The number of carbonyl (C=O) groups is 1. The van der Waals surface area contributed by atoms with Crippen molar-refractivity contribution in [1.29, 1.82) is 0 Å². The Kier molecular flexibility index (Phi) is 4.28. The SMILES string of the molecule is NC(CCc1ccc(C(F)(F)F)cc1F)C(=O)O. The molecule has 0 aromatic heterocycles. The van der Waals surface area contributed by atoms with Crippen molar-refractivity contribution in [3.8, 4) is 0 Å². The third-order valence-electron chi connectivity index (χ3n) is 2.42. The fourth-order valence-electron chi connectivity index (χ4n) is 1.36. The van der Waals surface area contributed by atoms with E-state index >= 15 is 0 Å². The maximum absolute atomic E-state index is 13.3. The zero-order valence-corrected chi connectivity index (χ0v) is 9.17. The molecule has 0 aliphatic heterocycles. The van der Waals surface area contributed by atoms with Gasteiger partial charge < -0.3 is 10.8 Å². The standard InChI is InChI=1S/C11H11F4NO2/c12-8-5-7(11(13,14)15)3-1-6(8)2-4-9(16)10(17)18/h1,3,5,9H,2,4,16H2,(H,17,18). The molecule has 0 saturated heterocycles. The van der Waals surface area contributed by atoms with E-state index in [1.807, 2.05) is 0 Å². The van der Waals surface area contributed by atoms with Crippen molar-refractivity contribution in [2.24, 2.45) is 5.73 Å². The molecule has 100 valence electrons. The minimum absolute atomic E-state index is 0.0136. The smallest absolute Gasteiger partial charge is 0.416 e. The van der Waals surface area contributed by atoms with Gasteiger partial charge in [0.1, 0.15) is 11.9 Å². The number of hydrogen-bond donors (Lipinski definition) is 2. The van der Waals surface area contributed by atoms with E-state index < -0.39 is 29.6 Å². The van der Waals surface area contributed by atoms with Gasteiger partial charge in [0.25, 0.3) is 0 Å². The third-order valence-corrected chi connectivity index (χ3v) is 2.42. The first-order valence-electron chi connectivity index (χ1n) is 5.06. The molecule has 0 aliphatic rings. The van der Waals surface area contributed by atoms with E-state index in [1.54, 1.807) is 0 Å². The van der Waals surface area contributed by atoms with Gasteiger partial charge in [-0.25, -0.2) is 4.39 Å². The summed E-state index contributed by atoms with van der Waals surface area (Å²) < 4.78 is 50.1. The number of aryl methyl sites for hydroxylation is 1. The summed E-state index contributed by atoms with van der Waals surface area (Å²) >= 11 is 0. The van der Waals surface area contributed by atoms with Crippen LogP contribution in [0.1, 0.15) is 17.5 Å². The summed E-state index contributed by atoms with van der Waals surface area (Å²) in [5.74, 6) is -2.25. The van der Waals surface area contributed by atoms with Gasteiger partial charge in [0.05, 0.1) is 5.56 Å². The predicted octanol–water partition coefficient (Wildman–Crippen LogP) is 2.19. The van der Waals surface area contributed by atoms with E-state index in [-0.39, 0.29) is 18.4 Å². The molecule has 0 fully saturated rings. The molecule has 0 spiro atoms. The first-order chi connectivity index (χ1) is 8.21. The highest BCUT2D eigenvalue weighted by Gasteiger charge is 2.31. The van der Waals surface area contributed by atoms with Crippen molar-refractivity contribution in [3.05, 3.63) is 35.1 Å². The molecular weight excluding hydrogens is 254 g/mol. The number of halogens is 4. The van der Waals surface area contributed by atoms with Crippen molar-refractivity contribution in [3.63, 3.8) is 0 Å². The molecule has 1 rings (SSSR count). The highest BCUT2D eigenvalue weighted by molar-refractivity contribution is 5.73. The van der Waals surface area contributed by atoms with Gasteiger partial charge in [0.2, 0.25) is 0 Å². The van der Waals surface area contributed by atoms with Crippen molar-refractivity contribution < 1.29 is 27.5 Å². The fraction of sp³-hybridized carbons (Fsp3) is 0.364. The number of hydrogen-bond acceptors (Lipinski definition) is 2. The largest absolute Gasteiger partial charge is 0.480 e. The lowest BCUT2D eigenvalue weighted by Crippen LogP contribution is -2.30. The maximum atomic E-state index is 13.3. The number of benzene rings is 1. The molecule has 0 bridgehead atoms. The van der Waals surface area contributed by atoms with E-state index in [1.165, 1.54) is 0 Å². The van der Waals surface area contributed by atoms with Crippen LogP contribution in [0.4, 0.5) is 17.6 Å². The zero-order chi connectivity index (χ0) is 13.9. The Hall–Kier alpha value is -1.63. The average Bonchev–Trinajstić information content (AvgIpc) is 2.25. The van der Waals surface area contributed by atoms with Gasteiger partial charge in [-0.1, -0.05) is 6.07 Å². The second kappa shape index (κ2) is 5.34. The molecule has 0 radical (unpaired) electrons. The Morgan fingerprint density at radius 1 is 1.39 bits per heavy atom. The first-order valence-corrected chi connectivity index (χ1v) is 5.06. The molecule has 0 heterocycles. The van der Waals surface area contributed by atoms with Crippen LogP contribution in [0, 0.1) is 5.82 Å². The Bertz CT molecular complexity index is 445. The molecule has 7 heteroatoms. The summed E-state index contributed by atoms with van der Waals surface area (Å²) in [6.07, 6.45) is -4.67. The van der Waals surface area contributed by atoms with Crippen LogP contribution in [-0.4, -0.2) is 17.1 Å². The minimum Gasteiger partial charge on any atom is -0.480 e. The van der Waals surface area contributed by atoms with E-state index in [0.717, 1.165) is 12.1 Å². The number of nitrogens with two attached hydrogens (primary N) is 1. The molecule has 0 amide bonds. The molecule has 1 unspecified atom stereocenters. The van der Waals surface area contributed by atoms with E-state index in [4.69, 9.17) is 10.8 Å². The number of aliphatic carboxylic acids is 1. The molecule has 1 aromatic carbocycles. The Morgan fingerprint density at radius 3 is 2.44 bits per heavy atom. The molecule has 1 aromatic rings. The van der Waals surface area contributed by atoms with Gasteiger partial charge in [-0.2, -0.15) is 13.2 Å². The second-order valence-electron chi connectivity index (χ2n) is 3.79. The quantitative estimate of drug-likeness (QED) is 0.820. The van der Waals surface area contributed by atoms with Crippen LogP contribution in [0.15, 0.2) is 18.2 Å². The molecule has 1 atom stereocenters. The van der Waals surface area contributed by atoms with Crippen LogP contribution in [0.3, 0.4) is 0 Å². The second-order valence-corrected chi connectivity index (χ2v) is 3.79. The summed E-state index contributed by atoms with van der Waals surface area (Å²) in [5, 5.41) is 8.51. The maximum Gasteiger partial charge on any atom is 0.416 e. The van der Waals surface area contributed by atoms with Gasteiger partial charge >= 0.3 is 12.1 Å². The lowest BCUT2D eigenvalue weighted by molar-refractivity contribution is -0.139. The zero-order valence-electron chi connectivity index (χ0n) is 9.17. The van der Waals surface area contributed by atoms with Crippen LogP contribution in [-0.2, 0) is 17.4 Å². The summed E-state index contributed by atoms with van der Waals surface area (Å²) in [5.41, 5.74) is 4.15. The van der Waals surface area contributed by atoms with Crippen molar-refractivity contribution in [2.45, 2.75) is 25.1 Å². The summed E-state index contributed by atoms with van der Waals surface area (Å²) in [7, 11) is 0. The van der Waals surface area contributed by atoms with Gasteiger partial charge in [0.15, 0.2) is 0 Å². The Morgan fingerprint density at radius 2 is 2.00 bits per heavy atom. The van der Waals surface area contributed by atoms with Crippen molar-refractivity contribution in [1.82, 2.24) is 0 Å². The van der Waals surface area contributed by atoms with E-state index in [2.05, 4.69) is 0 Å². The number of carboxylic acids is 1. The molecule has 3 N–H and O–H groups in total. The highest BCUT2D eigenvalue weighted by Crippen LogP contribution is 2.30. The minimum atomic E-state index is -4.60. The van der Waals surface area contributed by atoms with Crippen LogP contribution in [0.2, 0.25) is 0 Å². The lowest BCUT2D eigenvalue weighted by atomic mass is 10.0. The van der Waals surface area contributed by atoms with E-state index in [9.17, 15) is 22.4 Å². The summed E-state index contributed by atoms with van der Waals surface area (Å²) in [6.45, 7) is 0. The number of rotatable bonds is 4. The van der Waals surface area contributed by atoms with Crippen LogP contribution in [0.5, 0.6) is 0 Å². The Labute approximate surface area is 100 Å². The Balaban J connectivity index is 2.78. The van der Waals surface area contributed by atoms with Crippen LogP contribution < -0.4 is 5.73 Å². The number of alkyl halides is 3. The third kappa shape index (κ3) is 3.69. The molecule has 0 aliphatic carbocycles. The van der Waals surface area contributed by atoms with E-state index in [0.29, 0.717) is 6.07 Å². The molecule has 3 nitrogen and oxygen atoms in total. The van der Waals surface area contributed by atoms with Crippen molar-refractivity contribution in [2.75, 3.05) is 0 Å². The lowest BCUT2D eigenvalue weighted by Gasteiger charge is -2.10. The van der Waals surface area contributed by atoms with Gasteiger partial charge in [0, 0.05) is 0 Å². The summed E-state index contributed by atoms with van der Waals surface area (Å²) in [4.78, 5) is 10.4. The predicted molar refractivity (Wildman–Crippen MR) is 55.3 cm³/mol. The molecule has 0 saturated carbocycles. The van der Waals surface area contributed by atoms with Gasteiger partial charge in [-0.3, -0.25) is 4.79 Å². The molecule has 18 heavy (non-hydrogen) atoms. The first kappa shape index (κ1) is 14.4. The highest BCUT2D eigenvalue weighted by atomic mass is 19.4. The van der Waals surface area contributed by atoms with Crippen LogP contribution >= 0.6 is 0 Å². The van der Waals surface area contributed by atoms with Gasteiger partial charge in [-0.15, -0.1) is 0 Å². The fourth-order valence-corrected chi connectivity index (χ4v) is 1.36.